The summed E-state index contributed by atoms with van der Waals surface area (Å²) < 4.78 is 5.19. The highest BCUT2D eigenvalue weighted by atomic mass is 16.5. The third kappa shape index (κ3) is 4.51. The molecule has 1 aromatic rings. The zero-order valence-corrected chi connectivity index (χ0v) is 11.8. The Morgan fingerprint density at radius 2 is 2.20 bits per heavy atom. The molecule has 1 atom stereocenters. The van der Waals surface area contributed by atoms with E-state index in [1.54, 1.807) is 0 Å². The van der Waals surface area contributed by atoms with Crippen molar-refractivity contribution in [1.82, 2.24) is 10.2 Å². The topological polar surface area (TPSA) is 67.6 Å². The minimum absolute atomic E-state index is 0.309. The molecular formula is C15H23N3O2. The van der Waals surface area contributed by atoms with Crippen LogP contribution in [-0.2, 0) is 11.3 Å². The number of hydrogen-bond acceptors (Lipinski definition) is 4. The number of alkyl carbamates (subject to hydrolysis) is 1. The van der Waals surface area contributed by atoms with Crippen LogP contribution in [0.4, 0.5) is 4.79 Å². The van der Waals surface area contributed by atoms with Gasteiger partial charge < -0.3 is 15.8 Å². The zero-order valence-electron chi connectivity index (χ0n) is 11.8. The number of amides is 1. The predicted octanol–water partition coefficient (Wildman–Crippen LogP) is 1.34. The van der Waals surface area contributed by atoms with Gasteiger partial charge in [0.05, 0.1) is 0 Å². The van der Waals surface area contributed by atoms with Crippen molar-refractivity contribution in [2.45, 2.75) is 25.5 Å². The summed E-state index contributed by atoms with van der Waals surface area (Å²) in [5.41, 5.74) is 6.58. The fourth-order valence-electron chi connectivity index (χ4n) is 2.56. The lowest BCUT2D eigenvalue weighted by Gasteiger charge is -2.23. The fourth-order valence-corrected chi connectivity index (χ4v) is 2.56. The molecule has 0 radical (unpaired) electrons. The Balaban J connectivity index is 1.67. The number of rotatable bonds is 6. The first-order chi connectivity index (χ1) is 9.79. The lowest BCUT2D eigenvalue weighted by Crippen LogP contribution is -2.42. The number of carbonyl (C=O) groups excluding carboxylic acids is 1. The summed E-state index contributed by atoms with van der Waals surface area (Å²) in [5, 5.41) is 2.84. The van der Waals surface area contributed by atoms with Crippen molar-refractivity contribution in [1.29, 1.82) is 0 Å². The highest BCUT2D eigenvalue weighted by Gasteiger charge is 2.23. The molecule has 0 spiro atoms. The molecule has 1 saturated heterocycles. The van der Waals surface area contributed by atoms with Crippen molar-refractivity contribution >= 4 is 6.09 Å². The van der Waals surface area contributed by atoms with Crippen LogP contribution in [-0.4, -0.2) is 43.2 Å². The third-order valence-electron chi connectivity index (χ3n) is 3.61. The quantitative estimate of drug-likeness (QED) is 0.823. The van der Waals surface area contributed by atoms with Crippen LogP contribution < -0.4 is 11.1 Å². The molecule has 1 aliphatic rings. The van der Waals surface area contributed by atoms with Gasteiger partial charge in [0.25, 0.3) is 0 Å². The molecule has 1 heterocycles. The van der Waals surface area contributed by atoms with E-state index in [0.29, 0.717) is 25.7 Å². The van der Waals surface area contributed by atoms with Crippen molar-refractivity contribution in [2.75, 3.05) is 26.2 Å². The van der Waals surface area contributed by atoms with Gasteiger partial charge in [0.1, 0.15) is 6.61 Å². The van der Waals surface area contributed by atoms with Gasteiger partial charge in [-0.05, 0) is 24.9 Å². The minimum Gasteiger partial charge on any atom is -0.445 e. The molecule has 0 bridgehead atoms. The Kier molecular flexibility index (Phi) is 5.83. The van der Waals surface area contributed by atoms with E-state index >= 15 is 0 Å². The van der Waals surface area contributed by atoms with Crippen LogP contribution in [0.1, 0.15) is 18.4 Å². The van der Waals surface area contributed by atoms with E-state index in [1.165, 1.54) is 6.42 Å². The van der Waals surface area contributed by atoms with Crippen molar-refractivity contribution in [2.24, 2.45) is 5.73 Å². The van der Waals surface area contributed by atoms with Gasteiger partial charge in [-0.1, -0.05) is 30.3 Å². The van der Waals surface area contributed by atoms with Gasteiger partial charge in [0.2, 0.25) is 0 Å². The first-order valence-corrected chi connectivity index (χ1v) is 7.18. The molecule has 110 valence electrons. The molecule has 5 nitrogen and oxygen atoms in total. The van der Waals surface area contributed by atoms with Crippen LogP contribution in [0.2, 0.25) is 0 Å². The summed E-state index contributed by atoms with van der Waals surface area (Å²) in [6.45, 7) is 3.57. The molecular weight excluding hydrogens is 254 g/mol. The molecule has 1 amide bonds. The molecule has 5 heteroatoms. The molecule has 2 rings (SSSR count). The van der Waals surface area contributed by atoms with Crippen molar-refractivity contribution in [3.05, 3.63) is 35.9 Å². The standard InChI is InChI=1S/C15H23N3O2/c16-8-10-18-9-4-7-14(18)11-17-15(19)20-12-13-5-2-1-3-6-13/h1-3,5-6,14H,4,7-12,16H2,(H,17,19)/t14-/m0/s1. The summed E-state index contributed by atoms with van der Waals surface area (Å²) in [5.74, 6) is 0. The Morgan fingerprint density at radius 3 is 2.95 bits per heavy atom. The maximum Gasteiger partial charge on any atom is 0.407 e. The third-order valence-corrected chi connectivity index (χ3v) is 3.61. The average molecular weight is 277 g/mol. The second-order valence-corrected chi connectivity index (χ2v) is 5.06. The second-order valence-electron chi connectivity index (χ2n) is 5.06. The van der Waals surface area contributed by atoms with E-state index in [9.17, 15) is 4.79 Å². The molecule has 0 unspecified atom stereocenters. The Bertz CT molecular complexity index is 411. The lowest BCUT2D eigenvalue weighted by atomic mass is 10.2. The van der Waals surface area contributed by atoms with Gasteiger partial charge in [-0.2, -0.15) is 0 Å². The number of hydrogen-bond donors (Lipinski definition) is 2. The zero-order chi connectivity index (χ0) is 14.2. The van der Waals surface area contributed by atoms with E-state index < -0.39 is 0 Å². The van der Waals surface area contributed by atoms with Gasteiger partial charge in [-0.15, -0.1) is 0 Å². The minimum atomic E-state index is -0.353. The number of nitrogens with one attached hydrogen (secondary N) is 1. The number of ether oxygens (including phenoxy) is 1. The van der Waals surface area contributed by atoms with Crippen LogP contribution >= 0.6 is 0 Å². The van der Waals surface area contributed by atoms with Gasteiger partial charge in [-0.3, -0.25) is 4.90 Å². The first kappa shape index (κ1) is 14.8. The SMILES string of the molecule is NCCN1CCC[C@H]1CNC(=O)OCc1ccccc1. The van der Waals surface area contributed by atoms with Gasteiger partial charge in [0.15, 0.2) is 0 Å². The maximum absolute atomic E-state index is 11.7. The first-order valence-electron chi connectivity index (χ1n) is 7.18. The smallest absolute Gasteiger partial charge is 0.407 e. The molecule has 0 aromatic heterocycles. The van der Waals surface area contributed by atoms with Gasteiger partial charge in [0, 0.05) is 25.7 Å². The van der Waals surface area contributed by atoms with Crippen LogP contribution in [0.3, 0.4) is 0 Å². The highest BCUT2D eigenvalue weighted by molar-refractivity contribution is 5.67. The Morgan fingerprint density at radius 1 is 1.40 bits per heavy atom. The Labute approximate surface area is 120 Å². The van der Waals surface area contributed by atoms with Gasteiger partial charge in [-0.25, -0.2) is 4.79 Å². The second kappa shape index (κ2) is 7.87. The Hall–Kier alpha value is -1.59. The number of nitrogens with two attached hydrogens (primary N) is 1. The summed E-state index contributed by atoms with van der Waals surface area (Å²) in [7, 11) is 0. The number of benzene rings is 1. The van der Waals surface area contributed by atoms with Crippen LogP contribution in [0.25, 0.3) is 0 Å². The van der Waals surface area contributed by atoms with Crippen LogP contribution in [0, 0.1) is 0 Å². The van der Waals surface area contributed by atoms with E-state index in [2.05, 4.69) is 10.2 Å². The molecule has 1 aromatic carbocycles. The summed E-state index contributed by atoms with van der Waals surface area (Å²) in [4.78, 5) is 14.0. The van der Waals surface area contributed by atoms with Crippen molar-refractivity contribution in [3.63, 3.8) is 0 Å². The summed E-state index contributed by atoms with van der Waals surface area (Å²) >= 11 is 0. The lowest BCUT2D eigenvalue weighted by molar-refractivity contribution is 0.135. The number of likely N-dealkylation sites (tertiary alicyclic amines) is 1. The van der Waals surface area contributed by atoms with Crippen LogP contribution in [0.5, 0.6) is 0 Å². The van der Waals surface area contributed by atoms with Crippen molar-refractivity contribution in [3.8, 4) is 0 Å². The predicted molar refractivity (Wildman–Crippen MR) is 78.3 cm³/mol. The molecule has 0 saturated carbocycles. The summed E-state index contributed by atoms with van der Waals surface area (Å²) in [6, 6.07) is 10.1. The van der Waals surface area contributed by atoms with E-state index in [4.69, 9.17) is 10.5 Å². The highest BCUT2D eigenvalue weighted by Crippen LogP contribution is 2.15. The molecule has 1 aliphatic heterocycles. The normalized spacial score (nSPS) is 18.9. The molecule has 3 N–H and O–H groups in total. The molecule has 0 aliphatic carbocycles. The van der Waals surface area contributed by atoms with Crippen molar-refractivity contribution < 1.29 is 9.53 Å². The monoisotopic (exact) mass is 277 g/mol. The maximum atomic E-state index is 11.7. The van der Waals surface area contributed by atoms with E-state index in [-0.39, 0.29) is 6.09 Å². The summed E-state index contributed by atoms with van der Waals surface area (Å²) in [6.07, 6.45) is 1.93. The molecule has 20 heavy (non-hydrogen) atoms. The van der Waals surface area contributed by atoms with E-state index in [0.717, 1.165) is 25.1 Å². The van der Waals surface area contributed by atoms with E-state index in [1.807, 2.05) is 30.3 Å². The number of carbonyl (C=O) groups is 1. The van der Waals surface area contributed by atoms with Crippen LogP contribution in [0.15, 0.2) is 30.3 Å². The van der Waals surface area contributed by atoms with Gasteiger partial charge >= 0.3 is 6.09 Å². The fraction of sp³-hybridized carbons (Fsp3) is 0.533. The molecule has 1 fully saturated rings. The number of nitrogens with zero attached hydrogens (tertiary/aromatic N) is 1. The largest absolute Gasteiger partial charge is 0.445 e. The average Bonchev–Trinajstić information content (AvgIpc) is 2.92.